The Hall–Kier alpha value is -1.77. The zero-order valence-corrected chi connectivity index (χ0v) is 9.75. The van der Waals surface area contributed by atoms with E-state index < -0.39 is 0 Å². The first-order chi connectivity index (χ1) is 8.31. The van der Waals surface area contributed by atoms with E-state index in [1.807, 2.05) is 6.07 Å². The number of aliphatic hydroxyl groups excluding tert-OH is 1. The van der Waals surface area contributed by atoms with Gasteiger partial charge >= 0.3 is 0 Å². The number of aromatic nitrogens is 2. The van der Waals surface area contributed by atoms with Gasteiger partial charge in [-0.05, 0) is 12.1 Å². The van der Waals surface area contributed by atoms with E-state index in [0.29, 0.717) is 21.8 Å². The van der Waals surface area contributed by atoms with E-state index in [1.54, 1.807) is 18.2 Å². The molecule has 0 fully saturated rings. The molecular formula is C12H10N2O2S. The lowest BCUT2D eigenvalue weighted by atomic mass is 10.2. The molecule has 4 nitrogen and oxygen atoms in total. The van der Waals surface area contributed by atoms with Crippen molar-refractivity contribution in [3.63, 3.8) is 0 Å². The molecule has 0 saturated heterocycles. The monoisotopic (exact) mass is 246 g/mol. The summed E-state index contributed by atoms with van der Waals surface area (Å²) < 4.78 is 0. The fourth-order valence-electron chi connectivity index (χ4n) is 1.34. The Balaban J connectivity index is 2.28. The number of rotatable bonds is 2. The van der Waals surface area contributed by atoms with E-state index in [2.05, 4.69) is 21.8 Å². The second kappa shape index (κ2) is 5.53. The highest BCUT2D eigenvalue weighted by atomic mass is 32.2. The maximum Gasteiger partial charge on any atom is 0.259 e. The van der Waals surface area contributed by atoms with Crippen LogP contribution < -0.4 is 5.56 Å². The molecule has 0 amide bonds. The topological polar surface area (TPSA) is 66.0 Å². The van der Waals surface area contributed by atoms with Crippen LogP contribution in [-0.4, -0.2) is 27.4 Å². The number of benzene rings is 1. The van der Waals surface area contributed by atoms with Crippen molar-refractivity contribution in [1.82, 2.24) is 9.97 Å². The number of H-pyrrole nitrogens is 1. The summed E-state index contributed by atoms with van der Waals surface area (Å²) in [6.45, 7) is -0.151. The van der Waals surface area contributed by atoms with Crippen molar-refractivity contribution < 1.29 is 5.11 Å². The maximum atomic E-state index is 11.7. The van der Waals surface area contributed by atoms with Gasteiger partial charge in [-0.3, -0.25) is 4.79 Å². The minimum atomic E-state index is -0.151. The van der Waals surface area contributed by atoms with Gasteiger partial charge in [0.15, 0.2) is 5.16 Å². The molecule has 0 saturated carbocycles. The van der Waals surface area contributed by atoms with E-state index in [1.165, 1.54) is 11.8 Å². The molecular weight excluding hydrogens is 236 g/mol. The minimum absolute atomic E-state index is 0.145. The van der Waals surface area contributed by atoms with Crippen molar-refractivity contribution in [2.24, 2.45) is 0 Å². The van der Waals surface area contributed by atoms with Crippen LogP contribution >= 0.6 is 11.8 Å². The lowest BCUT2D eigenvalue weighted by Gasteiger charge is -1.99. The summed E-state index contributed by atoms with van der Waals surface area (Å²) in [5.41, 5.74) is 0.530. The number of nitrogens with zero attached hydrogens (tertiary/aromatic N) is 1. The lowest BCUT2D eigenvalue weighted by Crippen LogP contribution is -2.08. The van der Waals surface area contributed by atoms with Gasteiger partial charge in [-0.25, -0.2) is 4.98 Å². The van der Waals surface area contributed by atoms with Gasteiger partial charge in [0.25, 0.3) is 5.56 Å². The molecule has 0 aliphatic heterocycles. The summed E-state index contributed by atoms with van der Waals surface area (Å²) in [7, 11) is 0. The second-order valence-corrected chi connectivity index (χ2v) is 4.15. The van der Waals surface area contributed by atoms with Gasteiger partial charge in [-0.1, -0.05) is 35.7 Å². The number of aromatic amines is 1. The molecule has 1 aromatic heterocycles. The van der Waals surface area contributed by atoms with Crippen LogP contribution in [0, 0.1) is 11.8 Å². The molecule has 1 aromatic carbocycles. The molecule has 0 unspecified atom stereocenters. The summed E-state index contributed by atoms with van der Waals surface area (Å²) in [5.74, 6) is 5.78. The summed E-state index contributed by atoms with van der Waals surface area (Å²) in [5, 5.41) is 9.62. The van der Waals surface area contributed by atoms with Crippen LogP contribution in [0.1, 0.15) is 0 Å². The van der Waals surface area contributed by atoms with Crippen LogP contribution in [0.15, 0.2) is 34.2 Å². The Bertz CT molecular complexity index is 640. The molecule has 2 rings (SSSR count). The Morgan fingerprint density at radius 1 is 1.35 bits per heavy atom. The Morgan fingerprint density at radius 2 is 2.18 bits per heavy atom. The second-order valence-electron chi connectivity index (χ2n) is 3.19. The third-order valence-corrected chi connectivity index (χ3v) is 2.83. The zero-order chi connectivity index (χ0) is 12.1. The SMILES string of the molecule is O=c1[nH]c(SCC#CCO)nc2ccccc12. The molecule has 0 aliphatic rings. The quantitative estimate of drug-likeness (QED) is 0.471. The predicted octanol–water partition coefficient (Wildman–Crippen LogP) is 1.01. The summed E-state index contributed by atoms with van der Waals surface area (Å²) in [6.07, 6.45) is 0. The normalized spacial score (nSPS) is 9.94. The number of fused-ring (bicyclic) bond motifs is 1. The molecule has 1 heterocycles. The number of aliphatic hydroxyl groups is 1. The van der Waals surface area contributed by atoms with Crippen molar-refractivity contribution in [2.45, 2.75) is 5.16 Å². The first-order valence-electron chi connectivity index (χ1n) is 4.99. The number of nitrogens with one attached hydrogen (secondary N) is 1. The number of thioether (sulfide) groups is 1. The van der Waals surface area contributed by atoms with Crippen molar-refractivity contribution >= 4 is 22.7 Å². The average molecular weight is 246 g/mol. The standard InChI is InChI=1S/C12H10N2O2S/c15-7-3-4-8-17-12-13-10-6-2-1-5-9(10)11(16)14-12/h1-2,5-6,15H,7-8H2,(H,13,14,16). The van der Waals surface area contributed by atoms with Crippen molar-refractivity contribution in [3.05, 3.63) is 34.6 Å². The van der Waals surface area contributed by atoms with E-state index in [-0.39, 0.29) is 12.2 Å². The van der Waals surface area contributed by atoms with Crippen LogP contribution in [0.3, 0.4) is 0 Å². The Kier molecular flexibility index (Phi) is 3.81. The van der Waals surface area contributed by atoms with Crippen LogP contribution in [0.25, 0.3) is 10.9 Å². The van der Waals surface area contributed by atoms with Crippen LogP contribution in [0.4, 0.5) is 0 Å². The van der Waals surface area contributed by atoms with Gasteiger partial charge in [-0.2, -0.15) is 0 Å². The molecule has 0 atom stereocenters. The van der Waals surface area contributed by atoms with E-state index in [0.717, 1.165) is 0 Å². The summed E-state index contributed by atoms with van der Waals surface area (Å²) in [4.78, 5) is 18.7. The molecule has 2 N–H and O–H groups in total. The van der Waals surface area contributed by atoms with Crippen LogP contribution in [0.2, 0.25) is 0 Å². The van der Waals surface area contributed by atoms with Crippen LogP contribution in [-0.2, 0) is 0 Å². The summed E-state index contributed by atoms with van der Waals surface area (Å²) >= 11 is 1.34. The highest BCUT2D eigenvalue weighted by Crippen LogP contribution is 2.13. The molecule has 86 valence electrons. The van der Waals surface area contributed by atoms with E-state index in [4.69, 9.17) is 5.11 Å². The largest absolute Gasteiger partial charge is 0.384 e. The number of hydrogen-bond acceptors (Lipinski definition) is 4. The molecule has 17 heavy (non-hydrogen) atoms. The molecule has 0 aliphatic carbocycles. The van der Waals surface area contributed by atoms with Crippen molar-refractivity contribution in [1.29, 1.82) is 0 Å². The fraction of sp³-hybridized carbons (Fsp3) is 0.167. The average Bonchev–Trinajstić information content (AvgIpc) is 2.35. The van der Waals surface area contributed by atoms with Crippen molar-refractivity contribution in [2.75, 3.05) is 12.4 Å². The Labute approximate surface area is 102 Å². The van der Waals surface area contributed by atoms with Crippen molar-refractivity contribution in [3.8, 4) is 11.8 Å². The zero-order valence-electron chi connectivity index (χ0n) is 8.93. The number of hydrogen-bond donors (Lipinski definition) is 2. The molecule has 0 spiro atoms. The maximum absolute atomic E-state index is 11.7. The molecule has 0 bridgehead atoms. The van der Waals surface area contributed by atoms with Gasteiger partial charge in [-0.15, -0.1) is 0 Å². The Morgan fingerprint density at radius 3 is 3.00 bits per heavy atom. The molecule has 2 aromatic rings. The summed E-state index contributed by atoms with van der Waals surface area (Å²) in [6, 6.07) is 7.18. The van der Waals surface area contributed by atoms with Gasteiger partial charge in [0, 0.05) is 0 Å². The molecule has 5 heteroatoms. The van der Waals surface area contributed by atoms with Crippen LogP contribution in [0.5, 0.6) is 0 Å². The van der Waals surface area contributed by atoms with Gasteiger partial charge < -0.3 is 10.1 Å². The first-order valence-corrected chi connectivity index (χ1v) is 5.98. The smallest absolute Gasteiger partial charge is 0.259 e. The first kappa shape index (κ1) is 11.7. The van der Waals surface area contributed by atoms with E-state index in [9.17, 15) is 4.79 Å². The third-order valence-electron chi connectivity index (χ3n) is 2.08. The highest BCUT2D eigenvalue weighted by Gasteiger charge is 2.02. The van der Waals surface area contributed by atoms with Gasteiger partial charge in [0.05, 0.1) is 16.7 Å². The van der Waals surface area contributed by atoms with Gasteiger partial charge in [0.2, 0.25) is 0 Å². The predicted molar refractivity (Wildman–Crippen MR) is 67.9 cm³/mol. The lowest BCUT2D eigenvalue weighted by molar-refractivity contribution is 0.350. The number of para-hydroxylation sites is 1. The van der Waals surface area contributed by atoms with E-state index >= 15 is 0 Å². The fourth-order valence-corrected chi connectivity index (χ4v) is 1.98. The highest BCUT2D eigenvalue weighted by molar-refractivity contribution is 7.99. The molecule has 0 radical (unpaired) electrons. The third kappa shape index (κ3) is 2.87. The minimum Gasteiger partial charge on any atom is -0.384 e. The van der Waals surface area contributed by atoms with Gasteiger partial charge in [0.1, 0.15) is 6.61 Å².